The quantitative estimate of drug-likeness (QED) is 0.575. The van der Waals surface area contributed by atoms with Crippen LogP contribution in [0.3, 0.4) is 0 Å². The Bertz CT molecular complexity index is 197. The van der Waals surface area contributed by atoms with Crippen molar-refractivity contribution >= 4 is 0 Å². The molecule has 4 unspecified atom stereocenters. The molecule has 2 saturated heterocycles. The normalized spacial score (nSPS) is 49.6. The van der Waals surface area contributed by atoms with E-state index in [9.17, 15) is 5.11 Å². The summed E-state index contributed by atoms with van der Waals surface area (Å²) >= 11 is 0. The highest BCUT2D eigenvalue weighted by Gasteiger charge is 2.47. The van der Waals surface area contributed by atoms with Gasteiger partial charge in [0, 0.05) is 18.0 Å². The fourth-order valence-electron chi connectivity index (χ4n) is 2.97. The molecule has 2 rings (SSSR count). The standard InChI is InChI=1S/C10H20N2O/c1-7-9-3-2-8(12-9)6-10(7,13)4-5-11/h7-9,12-13H,2-6,11H2,1H3. The molecule has 0 amide bonds. The van der Waals surface area contributed by atoms with Crippen LogP contribution in [-0.2, 0) is 0 Å². The van der Waals surface area contributed by atoms with Gasteiger partial charge in [0.2, 0.25) is 0 Å². The maximum absolute atomic E-state index is 10.4. The van der Waals surface area contributed by atoms with Crippen LogP contribution >= 0.6 is 0 Å². The molecule has 2 aliphatic rings. The molecule has 13 heavy (non-hydrogen) atoms. The number of nitrogens with two attached hydrogens (primary N) is 1. The van der Waals surface area contributed by atoms with Crippen LogP contribution in [0.2, 0.25) is 0 Å². The summed E-state index contributed by atoms with van der Waals surface area (Å²) in [6.07, 6.45) is 4.09. The second-order valence-electron chi connectivity index (χ2n) is 4.68. The SMILES string of the molecule is CC1C2CCC(CC1(O)CCN)N2. The second kappa shape index (κ2) is 3.23. The number of nitrogens with one attached hydrogen (secondary N) is 1. The molecule has 0 aromatic heterocycles. The summed E-state index contributed by atoms with van der Waals surface area (Å²) in [4.78, 5) is 0. The van der Waals surface area contributed by atoms with E-state index in [1.54, 1.807) is 0 Å². The third kappa shape index (κ3) is 1.49. The van der Waals surface area contributed by atoms with E-state index in [2.05, 4.69) is 12.2 Å². The van der Waals surface area contributed by atoms with Crippen LogP contribution in [0.1, 0.15) is 32.6 Å². The van der Waals surface area contributed by atoms with E-state index < -0.39 is 5.60 Å². The van der Waals surface area contributed by atoms with Gasteiger partial charge in [-0.1, -0.05) is 6.92 Å². The third-order valence-electron chi connectivity index (χ3n) is 3.90. The van der Waals surface area contributed by atoms with Crippen molar-refractivity contribution in [2.45, 2.75) is 50.3 Å². The van der Waals surface area contributed by atoms with Crippen molar-refractivity contribution in [3.05, 3.63) is 0 Å². The predicted octanol–water partition coefficient (Wildman–Crippen LogP) is 0.227. The fourth-order valence-corrected chi connectivity index (χ4v) is 2.97. The number of hydrogen-bond donors (Lipinski definition) is 3. The van der Waals surface area contributed by atoms with Crippen LogP contribution in [-0.4, -0.2) is 29.3 Å². The van der Waals surface area contributed by atoms with Crippen molar-refractivity contribution in [1.82, 2.24) is 5.32 Å². The Labute approximate surface area is 79.7 Å². The van der Waals surface area contributed by atoms with E-state index in [4.69, 9.17) is 5.73 Å². The first-order valence-electron chi connectivity index (χ1n) is 5.34. The Morgan fingerprint density at radius 2 is 2.31 bits per heavy atom. The lowest BCUT2D eigenvalue weighted by molar-refractivity contribution is -0.0569. The first-order valence-corrected chi connectivity index (χ1v) is 5.34. The Kier molecular flexibility index (Phi) is 2.34. The summed E-state index contributed by atoms with van der Waals surface area (Å²) in [5.41, 5.74) is 5.04. The van der Waals surface area contributed by atoms with Crippen LogP contribution in [0.15, 0.2) is 0 Å². The molecular weight excluding hydrogens is 164 g/mol. The first kappa shape index (κ1) is 9.44. The van der Waals surface area contributed by atoms with Gasteiger partial charge in [0.1, 0.15) is 0 Å². The van der Waals surface area contributed by atoms with Crippen molar-refractivity contribution < 1.29 is 5.11 Å². The number of rotatable bonds is 2. The summed E-state index contributed by atoms with van der Waals surface area (Å²) in [6.45, 7) is 2.75. The van der Waals surface area contributed by atoms with E-state index in [0.717, 1.165) is 12.8 Å². The zero-order valence-electron chi connectivity index (χ0n) is 8.29. The lowest BCUT2D eigenvalue weighted by Crippen LogP contribution is -2.55. The van der Waals surface area contributed by atoms with Crippen LogP contribution in [0, 0.1) is 5.92 Å². The molecule has 2 bridgehead atoms. The number of fused-ring (bicyclic) bond motifs is 2. The van der Waals surface area contributed by atoms with Crippen molar-refractivity contribution in [3.63, 3.8) is 0 Å². The Morgan fingerprint density at radius 1 is 1.54 bits per heavy atom. The van der Waals surface area contributed by atoms with Gasteiger partial charge in [0.15, 0.2) is 0 Å². The smallest absolute Gasteiger partial charge is 0.0714 e. The maximum atomic E-state index is 10.4. The minimum Gasteiger partial charge on any atom is -0.389 e. The molecular formula is C10H20N2O. The molecule has 76 valence electrons. The van der Waals surface area contributed by atoms with Crippen molar-refractivity contribution in [3.8, 4) is 0 Å². The highest BCUT2D eigenvalue weighted by molar-refractivity contribution is 5.03. The van der Waals surface area contributed by atoms with Crippen molar-refractivity contribution in [1.29, 1.82) is 0 Å². The monoisotopic (exact) mass is 184 g/mol. The van der Waals surface area contributed by atoms with Crippen LogP contribution < -0.4 is 11.1 Å². The Hall–Kier alpha value is -0.120. The summed E-state index contributed by atoms with van der Waals surface area (Å²) in [6, 6.07) is 1.06. The molecule has 3 nitrogen and oxygen atoms in total. The van der Waals surface area contributed by atoms with Gasteiger partial charge in [-0.2, -0.15) is 0 Å². The number of aliphatic hydroxyl groups is 1. The van der Waals surface area contributed by atoms with Gasteiger partial charge in [-0.15, -0.1) is 0 Å². The highest BCUT2D eigenvalue weighted by Crippen LogP contribution is 2.39. The van der Waals surface area contributed by atoms with Gasteiger partial charge in [-0.3, -0.25) is 0 Å². The van der Waals surface area contributed by atoms with E-state index >= 15 is 0 Å². The third-order valence-corrected chi connectivity index (χ3v) is 3.90. The molecule has 2 heterocycles. The number of hydrogen-bond acceptors (Lipinski definition) is 3. The highest BCUT2D eigenvalue weighted by atomic mass is 16.3. The predicted molar refractivity (Wildman–Crippen MR) is 52.3 cm³/mol. The average molecular weight is 184 g/mol. The zero-order valence-corrected chi connectivity index (χ0v) is 8.29. The van der Waals surface area contributed by atoms with E-state index in [-0.39, 0.29) is 0 Å². The molecule has 2 aliphatic heterocycles. The maximum Gasteiger partial charge on any atom is 0.0714 e. The molecule has 0 aromatic carbocycles. The van der Waals surface area contributed by atoms with Crippen molar-refractivity contribution in [2.24, 2.45) is 11.7 Å². The van der Waals surface area contributed by atoms with Crippen LogP contribution in [0.25, 0.3) is 0 Å². The lowest BCUT2D eigenvalue weighted by Gasteiger charge is -2.43. The molecule has 0 saturated carbocycles. The lowest BCUT2D eigenvalue weighted by atomic mass is 9.76. The summed E-state index contributed by atoms with van der Waals surface area (Å²) in [7, 11) is 0. The average Bonchev–Trinajstić information content (AvgIpc) is 2.47. The van der Waals surface area contributed by atoms with Gasteiger partial charge in [0.05, 0.1) is 5.60 Å². The van der Waals surface area contributed by atoms with Gasteiger partial charge in [-0.05, 0) is 32.2 Å². The summed E-state index contributed by atoms with van der Waals surface area (Å²) in [5.74, 6) is 0.356. The van der Waals surface area contributed by atoms with Crippen LogP contribution in [0.4, 0.5) is 0 Å². The minimum absolute atomic E-state index is 0.356. The van der Waals surface area contributed by atoms with Gasteiger partial charge < -0.3 is 16.2 Å². The minimum atomic E-state index is -0.494. The fraction of sp³-hybridized carbons (Fsp3) is 1.00. The summed E-state index contributed by atoms with van der Waals surface area (Å²) in [5, 5.41) is 14.0. The van der Waals surface area contributed by atoms with E-state index in [0.29, 0.717) is 24.5 Å². The molecule has 0 aliphatic carbocycles. The molecule has 0 aromatic rings. The number of piperidine rings is 1. The molecule has 2 fully saturated rings. The zero-order chi connectivity index (χ0) is 9.47. The molecule has 0 radical (unpaired) electrons. The molecule has 4 atom stereocenters. The summed E-state index contributed by atoms with van der Waals surface area (Å²) < 4.78 is 0. The Morgan fingerprint density at radius 3 is 3.00 bits per heavy atom. The largest absolute Gasteiger partial charge is 0.389 e. The second-order valence-corrected chi connectivity index (χ2v) is 4.68. The first-order chi connectivity index (χ1) is 6.15. The molecule has 3 heteroatoms. The van der Waals surface area contributed by atoms with E-state index in [1.165, 1.54) is 12.8 Å². The topological polar surface area (TPSA) is 58.3 Å². The van der Waals surface area contributed by atoms with E-state index in [1.807, 2.05) is 0 Å². The molecule has 0 spiro atoms. The van der Waals surface area contributed by atoms with Gasteiger partial charge >= 0.3 is 0 Å². The van der Waals surface area contributed by atoms with Crippen molar-refractivity contribution in [2.75, 3.05) is 6.54 Å². The Balaban J connectivity index is 2.11. The van der Waals surface area contributed by atoms with Crippen LogP contribution in [0.5, 0.6) is 0 Å². The van der Waals surface area contributed by atoms with Gasteiger partial charge in [-0.25, -0.2) is 0 Å². The molecule has 4 N–H and O–H groups in total. The van der Waals surface area contributed by atoms with Gasteiger partial charge in [0.25, 0.3) is 0 Å².